The molecule has 1 amide bonds. The van der Waals surface area contributed by atoms with Gasteiger partial charge in [0.2, 0.25) is 0 Å². The van der Waals surface area contributed by atoms with Crippen LogP contribution in [0.1, 0.15) is 32.8 Å². The average Bonchev–Trinajstić information content (AvgIpc) is 3.24. The third-order valence-corrected chi connectivity index (χ3v) is 10.1. The van der Waals surface area contributed by atoms with Crippen LogP contribution >= 0.6 is 7.92 Å². The van der Waals surface area contributed by atoms with Gasteiger partial charge in [0, 0.05) is 6.04 Å². The maximum absolute atomic E-state index is 13.3. The van der Waals surface area contributed by atoms with E-state index in [-0.39, 0.29) is 17.5 Å². The second-order valence-electron chi connectivity index (χ2n) is 10.3. The quantitative estimate of drug-likeness (QED) is 0.304. The Morgan fingerprint density at radius 1 is 0.919 bits per heavy atom. The van der Waals surface area contributed by atoms with Crippen LogP contribution in [0.25, 0.3) is 0 Å². The molecule has 0 N–H and O–H groups in total. The highest BCUT2D eigenvalue weighted by molar-refractivity contribution is 7.86. The second-order valence-corrected chi connectivity index (χ2v) is 14.1. The number of hydrogen-bond donors (Lipinski definition) is 0. The Balaban J connectivity index is 1.61. The molecule has 8 heteroatoms. The lowest BCUT2D eigenvalue weighted by atomic mass is 10.2. The summed E-state index contributed by atoms with van der Waals surface area (Å²) < 4.78 is 37.4. The second kappa shape index (κ2) is 11.3. The molecule has 0 bridgehead atoms. The van der Waals surface area contributed by atoms with Crippen LogP contribution in [0.2, 0.25) is 0 Å². The number of carbonyl (C=O) groups excluding carboxylic acids is 1. The van der Waals surface area contributed by atoms with Gasteiger partial charge in [0.05, 0.1) is 17.5 Å². The Kier molecular flexibility index (Phi) is 8.37. The summed E-state index contributed by atoms with van der Waals surface area (Å²) in [6.45, 7) is 7.53. The van der Waals surface area contributed by atoms with Crippen molar-refractivity contribution >= 4 is 34.7 Å². The smallest absolute Gasteiger partial charge is 0.410 e. The van der Waals surface area contributed by atoms with Gasteiger partial charge in [0.25, 0.3) is 10.1 Å². The maximum atomic E-state index is 13.3. The van der Waals surface area contributed by atoms with Crippen molar-refractivity contribution in [1.29, 1.82) is 0 Å². The van der Waals surface area contributed by atoms with Crippen molar-refractivity contribution in [3.63, 3.8) is 0 Å². The van der Waals surface area contributed by atoms with Gasteiger partial charge in [-0.25, -0.2) is 4.79 Å². The van der Waals surface area contributed by atoms with E-state index in [0.717, 1.165) is 5.56 Å². The minimum Gasteiger partial charge on any atom is -0.444 e. The lowest BCUT2D eigenvalue weighted by molar-refractivity contribution is 0.0226. The first kappa shape index (κ1) is 27.3. The van der Waals surface area contributed by atoms with Crippen LogP contribution in [0, 0.1) is 6.92 Å². The van der Waals surface area contributed by atoms with Gasteiger partial charge in [-0.1, -0.05) is 78.4 Å². The fourth-order valence-corrected chi connectivity index (χ4v) is 8.02. The molecule has 196 valence electrons. The van der Waals surface area contributed by atoms with Crippen LogP contribution in [0.5, 0.6) is 0 Å². The van der Waals surface area contributed by atoms with Crippen LogP contribution < -0.4 is 10.6 Å². The van der Waals surface area contributed by atoms with E-state index in [0.29, 0.717) is 12.6 Å². The molecule has 1 saturated heterocycles. The predicted octanol–water partition coefficient (Wildman–Crippen LogP) is 5.21. The minimum atomic E-state index is -3.97. The standard InChI is InChI=1S/C29H34NO5PS/c1-22-15-17-27(18-16-22)37(32,33)35-24-19-23(30(20-24)28(31)34-29(2,3)4)21-36(25-11-7-5-8-12-25)26-13-9-6-10-14-26/h5-18,23-24H,19-21H2,1-4H3/t23-,24+/m0/s1. The molecule has 0 aliphatic carbocycles. The van der Waals surface area contributed by atoms with E-state index in [2.05, 4.69) is 24.3 Å². The van der Waals surface area contributed by atoms with E-state index in [1.54, 1.807) is 29.2 Å². The number of ether oxygens (including phenoxy) is 1. The zero-order valence-corrected chi connectivity index (χ0v) is 23.4. The van der Waals surface area contributed by atoms with Crippen molar-refractivity contribution in [1.82, 2.24) is 4.90 Å². The Hall–Kier alpha value is -2.73. The summed E-state index contributed by atoms with van der Waals surface area (Å²) in [6.07, 6.45) is -0.0322. The summed E-state index contributed by atoms with van der Waals surface area (Å²) >= 11 is 0. The molecule has 0 saturated carbocycles. The van der Waals surface area contributed by atoms with E-state index in [9.17, 15) is 13.2 Å². The van der Waals surface area contributed by atoms with Crippen molar-refractivity contribution in [2.75, 3.05) is 12.7 Å². The van der Waals surface area contributed by atoms with E-state index in [1.165, 1.54) is 10.6 Å². The van der Waals surface area contributed by atoms with Gasteiger partial charge < -0.3 is 9.64 Å². The highest BCUT2D eigenvalue weighted by Gasteiger charge is 2.41. The third kappa shape index (κ3) is 7.19. The van der Waals surface area contributed by atoms with E-state index >= 15 is 0 Å². The minimum absolute atomic E-state index is 0.112. The van der Waals surface area contributed by atoms with Crippen LogP contribution in [-0.4, -0.2) is 49.9 Å². The largest absolute Gasteiger partial charge is 0.444 e. The van der Waals surface area contributed by atoms with Crippen molar-refractivity contribution in [2.24, 2.45) is 0 Å². The van der Waals surface area contributed by atoms with Gasteiger partial charge in [-0.05, 0) is 70.9 Å². The van der Waals surface area contributed by atoms with Gasteiger partial charge in [-0.3, -0.25) is 4.18 Å². The molecule has 0 aromatic heterocycles. The van der Waals surface area contributed by atoms with E-state index in [1.807, 2.05) is 64.1 Å². The van der Waals surface area contributed by atoms with Crippen molar-refractivity contribution in [3.05, 3.63) is 90.5 Å². The number of aryl methyl sites for hydroxylation is 1. The molecular formula is C29H34NO5PS. The fourth-order valence-electron chi connectivity index (χ4n) is 4.39. The predicted molar refractivity (Wildman–Crippen MR) is 149 cm³/mol. The molecule has 0 radical (unpaired) electrons. The van der Waals surface area contributed by atoms with E-state index < -0.39 is 35.8 Å². The Morgan fingerprint density at radius 2 is 1.46 bits per heavy atom. The number of hydrogen-bond acceptors (Lipinski definition) is 5. The zero-order chi connectivity index (χ0) is 26.6. The topological polar surface area (TPSA) is 72.9 Å². The molecule has 1 fully saturated rings. The molecule has 1 heterocycles. The Bertz CT molecular complexity index is 1250. The summed E-state index contributed by atoms with van der Waals surface area (Å²) in [5.74, 6) is 0. The molecule has 6 nitrogen and oxygen atoms in total. The number of rotatable bonds is 7. The lowest BCUT2D eigenvalue weighted by Crippen LogP contribution is -2.42. The van der Waals surface area contributed by atoms with Gasteiger partial charge in [-0.15, -0.1) is 0 Å². The first-order valence-electron chi connectivity index (χ1n) is 12.4. The molecule has 3 aromatic rings. The number of nitrogens with zero attached hydrogens (tertiary/aromatic N) is 1. The van der Waals surface area contributed by atoms with Gasteiger partial charge in [0.15, 0.2) is 0 Å². The third-order valence-electron chi connectivity index (χ3n) is 6.11. The molecule has 4 rings (SSSR count). The molecule has 1 aliphatic rings. The first-order chi connectivity index (χ1) is 17.5. The number of likely N-dealkylation sites (tertiary alicyclic amines) is 1. The van der Waals surface area contributed by atoms with Crippen molar-refractivity contribution < 1.29 is 22.1 Å². The van der Waals surface area contributed by atoms with Gasteiger partial charge in [0.1, 0.15) is 5.60 Å². The molecule has 1 aliphatic heterocycles. The summed E-state index contributed by atoms with van der Waals surface area (Å²) in [7, 11) is -4.77. The van der Waals surface area contributed by atoms with Crippen LogP contribution in [-0.2, 0) is 19.0 Å². The monoisotopic (exact) mass is 539 g/mol. The van der Waals surface area contributed by atoms with Crippen LogP contribution in [0.3, 0.4) is 0 Å². The maximum Gasteiger partial charge on any atom is 0.410 e. The summed E-state index contributed by atoms with van der Waals surface area (Å²) in [4.78, 5) is 15.0. The molecule has 2 atom stereocenters. The van der Waals surface area contributed by atoms with Crippen LogP contribution in [0.15, 0.2) is 89.8 Å². The lowest BCUT2D eigenvalue weighted by Gasteiger charge is -2.31. The molecule has 0 unspecified atom stereocenters. The summed E-state index contributed by atoms with van der Waals surface area (Å²) in [6, 6.07) is 26.9. The summed E-state index contributed by atoms with van der Waals surface area (Å²) in [5.41, 5.74) is 0.296. The number of carbonyl (C=O) groups is 1. The number of benzene rings is 3. The Morgan fingerprint density at radius 3 is 1.97 bits per heavy atom. The average molecular weight is 540 g/mol. The van der Waals surface area contributed by atoms with Crippen molar-refractivity contribution in [2.45, 2.75) is 56.8 Å². The normalized spacial score (nSPS) is 18.2. The fraction of sp³-hybridized carbons (Fsp3) is 0.345. The SMILES string of the molecule is Cc1ccc(S(=O)(=O)O[C@@H]2C[C@@H](CP(c3ccccc3)c3ccccc3)N(C(=O)OC(C)(C)C)C2)cc1. The number of amides is 1. The molecule has 37 heavy (non-hydrogen) atoms. The Labute approximate surface area is 221 Å². The molecular weight excluding hydrogens is 505 g/mol. The van der Waals surface area contributed by atoms with Crippen molar-refractivity contribution in [3.8, 4) is 0 Å². The zero-order valence-electron chi connectivity index (χ0n) is 21.7. The van der Waals surface area contributed by atoms with Gasteiger partial charge in [-0.2, -0.15) is 8.42 Å². The summed E-state index contributed by atoms with van der Waals surface area (Å²) in [5, 5.41) is 2.40. The molecule has 0 spiro atoms. The highest BCUT2D eigenvalue weighted by atomic mass is 32.2. The molecule has 3 aromatic carbocycles. The highest BCUT2D eigenvalue weighted by Crippen LogP contribution is 2.39. The van der Waals surface area contributed by atoms with E-state index in [4.69, 9.17) is 8.92 Å². The van der Waals surface area contributed by atoms with Gasteiger partial charge >= 0.3 is 6.09 Å². The first-order valence-corrected chi connectivity index (χ1v) is 15.3. The van der Waals surface area contributed by atoms with Crippen LogP contribution in [0.4, 0.5) is 4.79 Å².